The monoisotopic (exact) mass is 1800 g/mol. The van der Waals surface area contributed by atoms with Gasteiger partial charge in [-0.2, -0.15) is 15.0 Å². The van der Waals surface area contributed by atoms with E-state index in [0.717, 1.165) is 33.2 Å². The molecule has 3 unspecified atom stereocenters. The minimum absolute atomic E-state index is 0.00503. The van der Waals surface area contributed by atoms with Gasteiger partial charge in [-0.05, 0) is 139 Å². The second-order valence-corrected chi connectivity index (χ2v) is 34.2. The van der Waals surface area contributed by atoms with Gasteiger partial charge in [0.1, 0.15) is 97.3 Å². The molecule has 0 bridgehead atoms. The topological polar surface area (TPSA) is 310 Å². The number of rotatable bonds is 13. The minimum Gasteiger partial charge on any atom is -0.508 e. The highest BCUT2D eigenvalue weighted by atomic mass is 35.5. The van der Waals surface area contributed by atoms with Crippen LogP contribution in [0.5, 0.6) is 28.7 Å². The zero-order valence-electron chi connectivity index (χ0n) is 72.2. The first-order valence-electron chi connectivity index (χ1n) is 42.1. The lowest BCUT2D eigenvalue weighted by Crippen LogP contribution is -2.56. The van der Waals surface area contributed by atoms with E-state index in [9.17, 15) is 33.9 Å². The average Bonchev–Trinajstić information content (AvgIpc) is 1.72. The highest BCUT2D eigenvalue weighted by Crippen LogP contribution is 2.52. The van der Waals surface area contributed by atoms with E-state index < -0.39 is 28.7 Å². The Morgan fingerprint density at radius 3 is 1.22 bits per heavy atom. The van der Waals surface area contributed by atoms with E-state index in [4.69, 9.17) is 68.7 Å². The Kier molecular flexibility index (Phi) is 23.8. The van der Waals surface area contributed by atoms with Gasteiger partial charge in [-0.1, -0.05) is 139 Å². The van der Waals surface area contributed by atoms with Crippen molar-refractivity contribution in [2.75, 3.05) is 101 Å². The number of carbonyl (C=O) groups excluding carboxylic acids is 3. The highest BCUT2D eigenvalue weighted by Gasteiger charge is 2.43. The standard InChI is InChI=1S/C34H31ClN6O4.C31H30ClFN6O4.C30H28ClFN6O3/c1-5-25(43)39-12-13-40-21(16-39)17-45-31-26-32(40)38-34(44)41(30-19(4)10-11-36-28(30)18(2)3)33(26)37-29(27(31)35)24-15-22(42)14-20-8-6-7-9-23(20)24;1-6-21(40)37-12-13-38-18(14-37)15-43-28-23-29(38)36-31(41)39(27-17(4)10-11-34-25(27)16(2)3)30(23)35-26(24(28)32)22-19(33)8-7-9-20(22)42-5;1-5-21(39)36-12-13-37-18(14-36)15-41-27-22-28(37)35-30(40)38(26-17(4)10-11-33-24(26)16(2)3)29(22)34-25(23(27)31)19-8-6-7-9-20(19)32/h5-11,14-15,18,21,42H,1,12-13,16-17H2,2-4H3;6-11,16,18H,1,12-15H2,2-5H3;5-11,16,18H,1,12-15H2,2-4H3. The molecule has 0 aliphatic carbocycles. The second kappa shape index (κ2) is 35.1. The quantitative estimate of drug-likeness (QED) is 0.105. The Morgan fingerprint density at radius 1 is 0.473 bits per heavy atom. The van der Waals surface area contributed by atoms with Crippen molar-refractivity contribution in [3.63, 3.8) is 0 Å². The Labute approximate surface area is 753 Å². The maximum Gasteiger partial charge on any atom is 0.355 e. The van der Waals surface area contributed by atoms with Crippen LogP contribution in [0.1, 0.15) is 93.1 Å². The van der Waals surface area contributed by atoms with Crippen molar-refractivity contribution in [2.45, 2.75) is 98.2 Å². The van der Waals surface area contributed by atoms with Crippen LogP contribution in [0, 0.1) is 32.4 Å². The highest BCUT2D eigenvalue weighted by molar-refractivity contribution is 6.37. The number of nitrogens with zero attached hydrogens (tertiary/aromatic N) is 18. The number of amides is 3. The number of piperazine rings is 3. The number of hydrogen-bond donors (Lipinski definition) is 1. The summed E-state index contributed by atoms with van der Waals surface area (Å²) in [7, 11) is 1.43. The lowest BCUT2D eigenvalue weighted by Gasteiger charge is -2.40. The molecule has 3 amide bonds. The van der Waals surface area contributed by atoms with Gasteiger partial charge in [0.15, 0.2) is 34.2 Å². The average molecular weight is 1800 g/mol. The van der Waals surface area contributed by atoms with E-state index in [-0.39, 0.29) is 145 Å². The molecule has 15 heterocycles. The molecule has 19 rings (SSSR count). The third-order valence-electron chi connectivity index (χ3n) is 24.1. The third-order valence-corrected chi connectivity index (χ3v) is 25.2. The maximum absolute atomic E-state index is 15.5. The number of aromatic nitrogens is 12. The number of fused-ring (bicyclic) bond motifs is 7. The first-order chi connectivity index (χ1) is 62.0. The molecule has 29 nitrogen and oxygen atoms in total. The van der Waals surface area contributed by atoms with Gasteiger partial charge < -0.3 is 53.5 Å². The van der Waals surface area contributed by atoms with Crippen molar-refractivity contribution < 1.29 is 47.2 Å². The molecule has 1 N–H and O–H groups in total. The normalized spacial score (nSPS) is 16.2. The summed E-state index contributed by atoms with van der Waals surface area (Å²) in [6, 6.07) is 26.1. The SMILES string of the molecule is C=CC(=O)N1CCN2c3nc(=O)n(-c4c(C)ccnc4C(C)C)c4nc(-c5c(F)cccc5OC)c(Cl)c(c34)OCC2C1.C=CC(=O)N1CCN2c3nc(=O)n(-c4c(C)ccnc4C(C)C)c4nc(-c5cc(O)cc6ccccc56)c(Cl)c(c34)OCC2C1.C=CC(=O)N1CCN2c3nc(=O)n(-c4c(C)ccnc4C(C)C)c4nc(-c5ccccc5F)c(Cl)c(c34)OCC2C1. The molecular formula is C95H89Cl3F2N18O11. The van der Waals surface area contributed by atoms with Crippen molar-refractivity contribution in [1.29, 1.82) is 0 Å². The molecule has 4 aromatic carbocycles. The van der Waals surface area contributed by atoms with Gasteiger partial charge in [0.25, 0.3) is 0 Å². The van der Waals surface area contributed by atoms with Crippen LogP contribution >= 0.6 is 34.8 Å². The first kappa shape index (κ1) is 87.3. The molecule has 13 aromatic rings. The number of hydrogen-bond acceptors (Lipinski definition) is 23. The Balaban J connectivity index is 0.000000136. The predicted molar refractivity (Wildman–Crippen MR) is 492 cm³/mol. The van der Waals surface area contributed by atoms with Crippen molar-refractivity contribution in [2.24, 2.45) is 0 Å². The van der Waals surface area contributed by atoms with Gasteiger partial charge in [0, 0.05) is 88.6 Å². The van der Waals surface area contributed by atoms with Gasteiger partial charge in [-0.3, -0.25) is 29.3 Å². The van der Waals surface area contributed by atoms with Crippen molar-refractivity contribution in [3.05, 3.63) is 246 Å². The largest absolute Gasteiger partial charge is 0.508 e. The summed E-state index contributed by atoms with van der Waals surface area (Å²) in [5.41, 5.74) is 6.65. The Hall–Kier alpha value is -13.8. The van der Waals surface area contributed by atoms with Gasteiger partial charge in [-0.25, -0.2) is 51.8 Å². The van der Waals surface area contributed by atoms with Crippen LogP contribution < -0.4 is 50.7 Å². The van der Waals surface area contributed by atoms with E-state index in [2.05, 4.69) is 49.6 Å². The summed E-state index contributed by atoms with van der Waals surface area (Å²) in [6.07, 6.45) is 8.99. The van der Waals surface area contributed by atoms with Gasteiger partial charge >= 0.3 is 17.1 Å². The van der Waals surface area contributed by atoms with Gasteiger partial charge in [0.05, 0.1) is 76.3 Å². The summed E-state index contributed by atoms with van der Waals surface area (Å²) in [6.45, 7) is 32.5. The van der Waals surface area contributed by atoms with Crippen molar-refractivity contribution in [1.82, 2.24) is 73.3 Å². The fourth-order valence-electron chi connectivity index (χ4n) is 18.0. The molecule has 3 saturated heterocycles. The van der Waals surface area contributed by atoms with E-state index in [0.29, 0.717) is 144 Å². The first-order valence-corrected chi connectivity index (χ1v) is 43.3. The van der Waals surface area contributed by atoms with E-state index in [1.807, 2.05) is 119 Å². The zero-order chi connectivity index (χ0) is 91.1. The predicted octanol–water partition coefficient (Wildman–Crippen LogP) is 14.7. The maximum atomic E-state index is 15.5. The molecule has 6 aliphatic heterocycles. The molecule has 0 saturated carbocycles. The van der Waals surface area contributed by atoms with Crippen LogP contribution in [0.4, 0.5) is 26.2 Å². The molecule has 129 heavy (non-hydrogen) atoms. The summed E-state index contributed by atoms with van der Waals surface area (Å²) in [4.78, 5) is 133. The van der Waals surface area contributed by atoms with E-state index in [1.165, 1.54) is 57.2 Å². The van der Waals surface area contributed by atoms with Crippen molar-refractivity contribution >= 4 is 114 Å². The lowest BCUT2D eigenvalue weighted by molar-refractivity contribution is -0.127. The summed E-state index contributed by atoms with van der Waals surface area (Å²) < 4.78 is 59.7. The van der Waals surface area contributed by atoms with Crippen LogP contribution in [0.3, 0.4) is 0 Å². The van der Waals surface area contributed by atoms with Crippen LogP contribution in [0.25, 0.3) is 94.7 Å². The smallest absolute Gasteiger partial charge is 0.355 e. The number of halogens is 5. The number of aryl methyl sites for hydroxylation is 3. The van der Waals surface area contributed by atoms with Crippen LogP contribution in [0.15, 0.2) is 168 Å². The van der Waals surface area contributed by atoms with Crippen LogP contribution in [0.2, 0.25) is 15.1 Å². The molecule has 3 fully saturated rings. The number of methoxy groups -OCH3 is 1. The lowest BCUT2D eigenvalue weighted by atomic mass is 10.00. The number of ether oxygens (including phenoxy) is 4. The number of carbonyl (C=O) groups is 3. The number of benzene rings is 4. The molecule has 34 heteroatoms. The number of aromatic hydroxyl groups is 1. The van der Waals surface area contributed by atoms with Crippen LogP contribution in [-0.2, 0) is 14.4 Å². The fourth-order valence-corrected chi connectivity index (χ4v) is 18.8. The molecule has 6 aliphatic rings. The molecule has 0 radical (unpaired) electrons. The Bertz CT molecular complexity index is 7070. The second-order valence-electron chi connectivity index (χ2n) is 33.1. The fraction of sp³-hybridized carbons (Fsp3) is 0.295. The molecule has 0 spiro atoms. The molecule has 660 valence electrons. The summed E-state index contributed by atoms with van der Waals surface area (Å²) in [5, 5.41) is 14.1. The van der Waals surface area contributed by atoms with E-state index >= 15 is 8.78 Å². The summed E-state index contributed by atoms with van der Waals surface area (Å²) in [5.74, 6) is 0.462. The van der Waals surface area contributed by atoms with Gasteiger partial charge in [-0.15, -0.1) is 0 Å². The third kappa shape index (κ3) is 15.3. The Morgan fingerprint density at radius 2 is 0.837 bits per heavy atom. The van der Waals surface area contributed by atoms with E-state index in [1.54, 1.807) is 69.7 Å². The summed E-state index contributed by atoms with van der Waals surface area (Å²) >= 11 is 21.2. The van der Waals surface area contributed by atoms with Crippen molar-refractivity contribution in [3.8, 4) is 79.6 Å². The van der Waals surface area contributed by atoms with Crippen LogP contribution in [-0.4, -0.2) is 200 Å². The number of phenols is 1. The zero-order valence-corrected chi connectivity index (χ0v) is 74.5. The number of anilines is 3. The number of phenolic OH excluding ortho intramolecular Hbond substituents is 1. The minimum atomic E-state index is -0.603. The number of pyridine rings is 6. The molecule has 3 atom stereocenters. The molecular weight excluding hydrogens is 1710 g/mol. The molecule has 9 aromatic heterocycles. The van der Waals surface area contributed by atoms with Gasteiger partial charge in [0.2, 0.25) is 17.7 Å².